The number of aromatic nitrogens is 1. The van der Waals surface area contributed by atoms with Gasteiger partial charge in [0.15, 0.2) is 5.13 Å². The summed E-state index contributed by atoms with van der Waals surface area (Å²) in [4.78, 5) is 33.1. The summed E-state index contributed by atoms with van der Waals surface area (Å²) in [6.45, 7) is 4.11. The van der Waals surface area contributed by atoms with E-state index in [0.717, 1.165) is 35.6 Å². The first-order valence-electron chi connectivity index (χ1n) is 9.96. The van der Waals surface area contributed by atoms with Gasteiger partial charge in [0.2, 0.25) is 11.8 Å². The maximum Gasteiger partial charge on any atom is 0.248 e. The molecule has 0 bridgehead atoms. The summed E-state index contributed by atoms with van der Waals surface area (Å²) in [5.41, 5.74) is 0.0711. The Hall–Kier alpha value is -1.55. The lowest BCUT2D eigenvalue weighted by atomic mass is 9.99. The second-order valence-electron chi connectivity index (χ2n) is 8.12. The van der Waals surface area contributed by atoms with Crippen molar-refractivity contribution in [3.63, 3.8) is 0 Å². The zero-order valence-corrected chi connectivity index (χ0v) is 17.4. The van der Waals surface area contributed by atoms with E-state index in [1.165, 1.54) is 11.3 Å². The Bertz CT molecular complexity index is 706. The van der Waals surface area contributed by atoms with E-state index in [1.807, 2.05) is 13.8 Å². The van der Waals surface area contributed by atoms with E-state index in [-0.39, 0.29) is 23.8 Å². The number of hydrogen-bond acceptors (Lipinski definition) is 7. The van der Waals surface area contributed by atoms with E-state index in [9.17, 15) is 14.8 Å². The summed E-state index contributed by atoms with van der Waals surface area (Å²) in [7, 11) is 0. The van der Waals surface area contributed by atoms with Gasteiger partial charge in [-0.15, -0.1) is 11.3 Å². The lowest BCUT2D eigenvalue weighted by Crippen LogP contribution is -2.47. The topological polar surface area (TPSA) is 106 Å². The number of likely N-dealkylation sites (tertiary alicyclic amines) is 1. The molecule has 2 heterocycles. The highest BCUT2D eigenvalue weighted by molar-refractivity contribution is 7.15. The molecule has 3 rings (SSSR count). The molecule has 2 atom stereocenters. The molecular weight excluding hydrogens is 380 g/mol. The molecule has 0 unspecified atom stereocenters. The van der Waals surface area contributed by atoms with Crippen LogP contribution in [0.25, 0.3) is 0 Å². The summed E-state index contributed by atoms with van der Waals surface area (Å²) in [6, 6.07) is -0.510. The zero-order valence-electron chi connectivity index (χ0n) is 16.6. The first-order valence-corrected chi connectivity index (χ1v) is 10.8. The summed E-state index contributed by atoms with van der Waals surface area (Å²) >= 11 is 1.41. The number of unbranched alkanes of at least 4 members (excludes halogenated alkanes) is 1. The van der Waals surface area contributed by atoms with Crippen LogP contribution in [0.5, 0.6) is 0 Å². The molecule has 0 radical (unpaired) electrons. The Kier molecular flexibility index (Phi) is 6.69. The number of aliphatic hydroxyl groups excluding tert-OH is 1. The average Bonchev–Trinajstić information content (AvgIpc) is 3.12. The number of thiazole rings is 1. The van der Waals surface area contributed by atoms with Crippen molar-refractivity contribution in [1.29, 1.82) is 0 Å². The monoisotopic (exact) mass is 410 g/mol. The van der Waals surface area contributed by atoms with Crippen LogP contribution in [0.15, 0.2) is 6.20 Å². The molecule has 8 nitrogen and oxygen atoms in total. The van der Waals surface area contributed by atoms with Crippen LogP contribution >= 0.6 is 11.3 Å². The van der Waals surface area contributed by atoms with Gasteiger partial charge in [-0.05, 0) is 38.0 Å². The largest absolute Gasteiger partial charge is 0.379 e. The van der Waals surface area contributed by atoms with Crippen molar-refractivity contribution in [3.05, 3.63) is 11.1 Å². The summed E-state index contributed by atoms with van der Waals surface area (Å²) < 4.78 is 0. The van der Waals surface area contributed by atoms with Crippen LogP contribution in [0.1, 0.15) is 50.3 Å². The molecule has 9 heteroatoms. The number of carbonyl (C=O) groups excluding carboxylic acids is 2. The Labute approximate surface area is 169 Å². The summed E-state index contributed by atoms with van der Waals surface area (Å²) in [6.07, 6.45) is 6.88. The number of nitrogens with zero attached hydrogens (tertiary/aromatic N) is 3. The smallest absolute Gasteiger partial charge is 0.248 e. The Morgan fingerprint density at radius 1 is 1.50 bits per heavy atom. The first-order chi connectivity index (χ1) is 13.4. The fourth-order valence-electron chi connectivity index (χ4n) is 3.95. The van der Waals surface area contributed by atoms with Crippen LogP contribution in [0, 0.1) is 18.3 Å². The van der Waals surface area contributed by atoms with Gasteiger partial charge in [0.25, 0.3) is 0 Å². The van der Waals surface area contributed by atoms with Crippen molar-refractivity contribution >= 4 is 28.3 Å². The molecule has 2 fully saturated rings. The minimum absolute atomic E-state index is 0.0683. The SMILES string of the molecule is CCCC[C@H](CN(O)CO)C(=O)N1CC2(CC2)C[C@H]1C(=O)Nc1ncc(C)s1. The maximum atomic E-state index is 13.3. The highest BCUT2D eigenvalue weighted by atomic mass is 32.1. The number of anilines is 1. The van der Waals surface area contributed by atoms with Gasteiger partial charge in [0.05, 0.1) is 5.92 Å². The molecule has 2 amide bonds. The molecule has 1 aliphatic carbocycles. The number of carbonyl (C=O) groups is 2. The fourth-order valence-corrected chi connectivity index (χ4v) is 4.62. The minimum atomic E-state index is -0.521. The molecule has 0 aromatic carbocycles. The molecule has 1 saturated heterocycles. The number of nitrogens with one attached hydrogen (secondary N) is 1. The fraction of sp³-hybridized carbons (Fsp3) is 0.737. The minimum Gasteiger partial charge on any atom is -0.379 e. The molecule has 28 heavy (non-hydrogen) atoms. The first kappa shape index (κ1) is 21.2. The van der Waals surface area contributed by atoms with Crippen LogP contribution < -0.4 is 5.32 Å². The predicted molar refractivity (Wildman–Crippen MR) is 106 cm³/mol. The normalized spacial score (nSPS) is 21.3. The third-order valence-electron chi connectivity index (χ3n) is 5.75. The Morgan fingerprint density at radius 2 is 2.25 bits per heavy atom. The van der Waals surface area contributed by atoms with Gasteiger partial charge in [-0.3, -0.25) is 9.59 Å². The third kappa shape index (κ3) is 4.89. The maximum absolute atomic E-state index is 13.3. The van der Waals surface area contributed by atoms with E-state index >= 15 is 0 Å². The number of hydroxylamine groups is 2. The van der Waals surface area contributed by atoms with Crippen LogP contribution in [0.3, 0.4) is 0 Å². The van der Waals surface area contributed by atoms with Gasteiger partial charge in [-0.25, -0.2) is 4.98 Å². The van der Waals surface area contributed by atoms with Gasteiger partial charge in [0.1, 0.15) is 12.8 Å². The van der Waals surface area contributed by atoms with E-state index in [1.54, 1.807) is 11.1 Å². The molecule has 1 aromatic rings. The van der Waals surface area contributed by atoms with E-state index < -0.39 is 18.7 Å². The average molecular weight is 411 g/mol. The molecule has 3 N–H and O–H groups in total. The van der Waals surface area contributed by atoms with Gasteiger partial charge < -0.3 is 20.5 Å². The van der Waals surface area contributed by atoms with Gasteiger partial charge in [0, 0.05) is 24.2 Å². The lowest BCUT2D eigenvalue weighted by molar-refractivity contribution is -0.163. The quantitative estimate of drug-likeness (QED) is 0.426. The summed E-state index contributed by atoms with van der Waals surface area (Å²) in [5.74, 6) is -0.743. The molecular formula is C19H30N4O4S. The third-order valence-corrected chi connectivity index (χ3v) is 6.58. The van der Waals surface area contributed by atoms with Crippen LogP contribution in [0.4, 0.5) is 5.13 Å². The number of rotatable bonds is 9. The molecule has 1 saturated carbocycles. The van der Waals surface area contributed by atoms with Crippen molar-refractivity contribution < 1.29 is 19.9 Å². The molecule has 1 spiro atoms. The predicted octanol–water partition coefficient (Wildman–Crippen LogP) is 2.22. The van der Waals surface area contributed by atoms with Crippen molar-refractivity contribution in [2.75, 3.05) is 25.1 Å². The Morgan fingerprint density at radius 3 is 2.82 bits per heavy atom. The van der Waals surface area contributed by atoms with Crippen molar-refractivity contribution in [1.82, 2.24) is 14.9 Å². The number of hydrogen-bond donors (Lipinski definition) is 3. The van der Waals surface area contributed by atoms with Crippen molar-refractivity contribution in [2.24, 2.45) is 11.3 Å². The number of amides is 2. The molecule has 1 aromatic heterocycles. The van der Waals surface area contributed by atoms with Gasteiger partial charge >= 0.3 is 0 Å². The molecule has 156 valence electrons. The molecule has 2 aliphatic rings. The van der Waals surface area contributed by atoms with E-state index in [0.29, 0.717) is 24.5 Å². The van der Waals surface area contributed by atoms with Gasteiger partial charge in [-0.1, -0.05) is 19.8 Å². The van der Waals surface area contributed by atoms with E-state index in [2.05, 4.69) is 10.3 Å². The standard InChI is InChI=1S/C19H30N4O4S/c1-3-4-5-14(10-22(27)12-24)17(26)23-11-19(6-7-19)8-15(23)16(25)21-18-20-9-13(2)28-18/h9,14-15,24,27H,3-8,10-12H2,1-2H3,(H,20,21,25)/t14-,15+/m1/s1. The zero-order chi connectivity index (χ0) is 20.3. The number of aryl methyl sites for hydroxylation is 1. The van der Waals surface area contributed by atoms with Crippen LogP contribution in [-0.4, -0.2) is 62.9 Å². The highest BCUT2D eigenvalue weighted by Crippen LogP contribution is 2.55. The second-order valence-corrected chi connectivity index (χ2v) is 9.36. The lowest BCUT2D eigenvalue weighted by Gasteiger charge is -2.29. The van der Waals surface area contributed by atoms with Crippen molar-refractivity contribution in [3.8, 4) is 0 Å². The Balaban J connectivity index is 1.73. The van der Waals surface area contributed by atoms with Gasteiger partial charge in [-0.2, -0.15) is 5.06 Å². The van der Waals surface area contributed by atoms with Crippen molar-refractivity contribution in [2.45, 2.75) is 58.4 Å². The number of aliphatic hydroxyl groups is 1. The second kappa shape index (κ2) is 8.86. The highest BCUT2D eigenvalue weighted by Gasteiger charge is 2.55. The van der Waals surface area contributed by atoms with Crippen LogP contribution in [0.2, 0.25) is 0 Å². The van der Waals surface area contributed by atoms with Crippen LogP contribution in [-0.2, 0) is 9.59 Å². The molecule has 1 aliphatic heterocycles. The summed E-state index contributed by atoms with van der Waals surface area (Å²) in [5, 5.41) is 23.0. The van der Waals surface area contributed by atoms with E-state index in [4.69, 9.17) is 5.11 Å².